The Bertz CT molecular complexity index is 121. The molecule has 1 aliphatic rings. The number of hydrogen-bond acceptors (Lipinski definition) is 3. The zero-order valence-electron chi connectivity index (χ0n) is 8.08. The molecule has 0 bridgehead atoms. The Hall–Kier alpha value is -0.120. The van der Waals surface area contributed by atoms with Gasteiger partial charge in [-0.05, 0) is 12.8 Å². The third-order valence-electron chi connectivity index (χ3n) is 1.66. The van der Waals surface area contributed by atoms with Crippen molar-refractivity contribution in [2.75, 3.05) is 13.2 Å². The summed E-state index contributed by atoms with van der Waals surface area (Å²) in [7, 11) is 0. The number of hydrogen-bond donors (Lipinski definition) is 0. The van der Waals surface area contributed by atoms with Crippen LogP contribution in [0.2, 0.25) is 0 Å². The van der Waals surface area contributed by atoms with Crippen molar-refractivity contribution >= 4 is 0 Å². The van der Waals surface area contributed by atoms with E-state index in [0.29, 0.717) is 5.92 Å². The lowest BCUT2D eigenvalue weighted by Crippen LogP contribution is -2.34. The van der Waals surface area contributed by atoms with Gasteiger partial charge < -0.3 is 14.2 Å². The van der Waals surface area contributed by atoms with E-state index in [0.717, 1.165) is 19.6 Å². The van der Waals surface area contributed by atoms with Crippen LogP contribution in [0.3, 0.4) is 0 Å². The first-order valence-corrected chi connectivity index (χ1v) is 4.57. The fourth-order valence-electron chi connectivity index (χ4n) is 0.902. The standard InChI is InChI=1S/C9H18O3/c1-7(2)6-11-8(3)12-9-4-5-10-9/h7-9H,4-6H2,1-3H3. The molecule has 1 rings (SSSR count). The van der Waals surface area contributed by atoms with Gasteiger partial charge in [0.1, 0.15) is 0 Å². The van der Waals surface area contributed by atoms with Crippen LogP contribution in [-0.4, -0.2) is 25.8 Å². The van der Waals surface area contributed by atoms with E-state index in [4.69, 9.17) is 14.2 Å². The molecule has 72 valence electrons. The van der Waals surface area contributed by atoms with Crippen molar-refractivity contribution in [3.63, 3.8) is 0 Å². The Labute approximate surface area is 74.0 Å². The first-order chi connectivity index (χ1) is 5.68. The Morgan fingerprint density at radius 1 is 1.42 bits per heavy atom. The average molecular weight is 174 g/mol. The van der Waals surface area contributed by atoms with Crippen molar-refractivity contribution in [1.82, 2.24) is 0 Å². The second-order valence-electron chi connectivity index (χ2n) is 3.52. The molecule has 0 aromatic rings. The number of ether oxygens (including phenoxy) is 3. The highest BCUT2D eigenvalue weighted by molar-refractivity contribution is 4.55. The predicted octanol–water partition coefficient (Wildman–Crippen LogP) is 1.77. The van der Waals surface area contributed by atoms with E-state index in [1.54, 1.807) is 0 Å². The smallest absolute Gasteiger partial charge is 0.162 e. The summed E-state index contributed by atoms with van der Waals surface area (Å²) in [5.41, 5.74) is 0. The largest absolute Gasteiger partial charge is 0.353 e. The quantitative estimate of drug-likeness (QED) is 0.594. The highest BCUT2D eigenvalue weighted by Gasteiger charge is 2.21. The zero-order chi connectivity index (χ0) is 8.97. The van der Waals surface area contributed by atoms with Crippen LogP contribution in [-0.2, 0) is 14.2 Å². The fraction of sp³-hybridized carbons (Fsp3) is 1.00. The second kappa shape index (κ2) is 4.80. The zero-order valence-corrected chi connectivity index (χ0v) is 8.08. The first-order valence-electron chi connectivity index (χ1n) is 4.57. The van der Waals surface area contributed by atoms with Crippen LogP contribution in [0.25, 0.3) is 0 Å². The maximum atomic E-state index is 5.41. The van der Waals surface area contributed by atoms with Crippen LogP contribution in [0.4, 0.5) is 0 Å². The highest BCUT2D eigenvalue weighted by Crippen LogP contribution is 2.14. The van der Waals surface area contributed by atoms with Gasteiger partial charge in [-0.25, -0.2) is 0 Å². The average Bonchev–Trinajstić information content (AvgIpc) is 1.93. The van der Waals surface area contributed by atoms with Gasteiger partial charge in [0.05, 0.1) is 13.2 Å². The van der Waals surface area contributed by atoms with E-state index in [1.807, 2.05) is 6.92 Å². The summed E-state index contributed by atoms with van der Waals surface area (Å²) in [5.74, 6) is 0.554. The van der Waals surface area contributed by atoms with E-state index >= 15 is 0 Å². The van der Waals surface area contributed by atoms with Gasteiger partial charge >= 0.3 is 0 Å². The fourth-order valence-corrected chi connectivity index (χ4v) is 0.902. The molecule has 0 radical (unpaired) electrons. The van der Waals surface area contributed by atoms with Crippen LogP contribution in [0.15, 0.2) is 0 Å². The van der Waals surface area contributed by atoms with Gasteiger partial charge in [-0.15, -0.1) is 0 Å². The Kier molecular flexibility index (Phi) is 3.98. The minimum Gasteiger partial charge on any atom is -0.353 e. The molecule has 12 heavy (non-hydrogen) atoms. The molecule has 3 heteroatoms. The molecule has 1 saturated heterocycles. The maximum Gasteiger partial charge on any atom is 0.162 e. The molecule has 0 spiro atoms. The third kappa shape index (κ3) is 3.52. The number of rotatable bonds is 5. The van der Waals surface area contributed by atoms with Crippen LogP contribution in [0, 0.1) is 5.92 Å². The minimum absolute atomic E-state index is 0.0211. The van der Waals surface area contributed by atoms with Crippen molar-refractivity contribution in [1.29, 1.82) is 0 Å². The molecule has 0 aromatic carbocycles. The Balaban J connectivity index is 1.98. The Morgan fingerprint density at radius 2 is 2.08 bits per heavy atom. The summed E-state index contributed by atoms with van der Waals surface area (Å²) in [4.78, 5) is 0. The van der Waals surface area contributed by atoms with Crippen LogP contribution >= 0.6 is 0 Å². The monoisotopic (exact) mass is 174 g/mol. The van der Waals surface area contributed by atoms with E-state index in [2.05, 4.69) is 13.8 Å². The van der Waals surface area contributed by atoms with Gasteiger partial charge in [0, 0.05) is 6.42 Å². The summed E-state index contributed by atoms with van der Waals surface area (Å²) >= 11 is 0. The molecule has 1 fully saturated rings. The minimum atomic E-state index is -0.141. The Morgan fingerprint density at radius 3 is 2.50 bits per heavy atom. The molecule has 2 unspecified atom stereocenters. The van der Waals surface area contributed by atoms with Gasteiger partial charge in [-0.2, -0.15) is 0 Å². The molecule has 1 heterocycles. The molecular formula is C9H18O3. The summed E-state index contributed by atoms with van der Waals surface area (Å²) in [6, 6.07) is 0. The van der Waals surface area contributed by atoms with Gasteiger partial charge in [0.15, 0.2) is 12.6 Å². The van der Waals surface area contributed by atoms with Gasteiger partial charge in [-0.1, -0.05) is 13.8 Å². The van der Waals surface area contributed by atoms with Gasteiger partial charge in [-0.3, -0.25) is 0 Å². The van der Waals surface area contributed by atoms with E-state index in [1.165, 1.54) is 0 Å². The lowest BCUT2D eigenvalue weighted by Gasteiger charge is -2.29. The summed E-state index contributed by atoms with van der Waals surface area (Å²) in [6.07, 6.45) is 0.833. The topological polar surface area (TPSA) is 27.7 Å². The lowest BCUT2D eigenvalue weighted by atomic mass is 10.2. The molecule has 2 atom stereocenters. The van der Waals surface area contributed by atoms with Crippen LogP contribution in [0.5, 0.6) is 0 Å². The molecular weight excluding hydrogens is 156 g/mol. The van der Waals surface area contributed by atoms with E-state index in [9.17, 15) is 0 Å². The molecule has 0 saturated carbocycles. The molecule has 0 amide bonds. The second-order valence-corrected chi connectivity index (χ2v) is 3.52. The van der Waals surface area contributed by atoms with Crippen LogP contribution < -0.4 is 0 Å². The van der Waals surface area contributed by atoms with Crippen molar-refractivity contribution in [2.45, 2.75) is 39.8 Å². The predicted molar refractivity (Wildman–Crippen MR) is 45.7 cm³/mol. The van der Waals surface area contributed by atoms with E-state index < -0.39 is 0 Å². The lowest BCUT2D eigenvalue weighted by molar-refractivity contribution is -0.284. The van der Waals surface area contributed by atoms with Crippen molar-refractivity contribution in [2.24, 2.45) is 5.92 Å². The van der Waals surface area contributed by atoms with E-state index in [-0.39, 0.29) is 12.6 Å². The highest BCUT2D eigenvalue weighted by atomic mass is 16.8. The van der Waals surface area contributed by atoms with Crippen molar-refractivity contribution < 1.29 is 14.2 Å². The van der Waals surface area contributed by atoms with Crippen molar-refractivity contribution in [3.8, 4) is 0 Å². The molecule has 0 aromatic heterocycles. The van der Waals surface area contributed by atoms with Crippen molar-refractivity contribution in [3.05, 3.63) is 0 Å². The third-order valence-corrected chi connectivity index (χ3v) is 1.66. The SMILES string of the molecule is CC(C)COC(C)OC1CCO1. The van der Waals surface area contributed by atoms with Gasteiger partial charge in [0.25, 0.3) is 0 Å². The van der Waals surface area contributed by atoms with Crippen LogP contribution in [0.1, 0.15) is 27.2 Å². The summed E-state index contributed by atoms with van der Waals surface area (Å²) < 4.78 is 15.9. The molecule has 0 aliphatic carbocycles. The summed E-state index contributed by atoms with van der Waals surface area (Å²) in [5, 5.41) is 0. The molecule has 3 nitrogen and oxygen atoms in total. The first kappa shape index (κ1) is 9.96. The molecule has 1 aliphatic heterocycles. The molecule has 0 N–H and O–H groups in total. The van der Waals surface area contributed by atoms with Gasteiger partial charge in [0.2, 0.25) is 0 Å². The summed E-state index contributed by atoms with van der Waals surface area (Å²) in [6.45, 7) is 7.71. The normalized spacial score (nSPS) is 25.5. The maximum absolute atomic E-state index is 5.41.